The van der Waals surface area contributed by atoms with Crippen LogP contribution in [0, 0.1) is 6.92 Å². The molecule has 1 fully saturated rings. The van der Waals surface area contributed by atoms with Gasteiger partial charge in [-0.3, -0.25) is 9.59 Å². The summed E-state index contributed by atoms with van der Waals surface area (Å²) in [4.78, 5) is 28.2. The van der Waals surface area contributed by atoms with Crippen LogP contribution in [-0.4, -0.2) is 61.4 Å². The lowest BCUT2D eigenvalue weighted by Gasteiger charge is -2.22. The van der Waals surface area contributed by atoms with Crippen LogP contribution in [0.3, 0.4) is 0 Å². The summed E-state index contributed by atoms with van der Waals surface area (Å²) in [7, 11) is 3.93. The number of aryl methyl sites for hydroxylation is 1. The van der Waals surface area contributed by atoms with Crippen LogP contribution in [0.4, 0.5) is 0 Å². The summed E-state index contributed by atoms with van der Waals surface area (Å²) in [5.74, 6) is 0.588. The van der Waals surface area contributed by atoms with E-state index in [0.717, 1.165) is 19.4 Å². The molecule has 0 atom stereocenters. The van der Waals surface area contributed by atoms with Crippen LogP contribution in [0.25, 0.3) is 0 Å². The highest BCUT2D eigenvalue weighted by Crippen LogP contribution is 2.29. The molecule has 0 bridgehead atoms. The highest BCUT2D eigenvalue weighted by molar-refractivity contribution is 5.95. The summed E-state index contributed by atoms with van der Waals surface area (Å²) in [6, 6.07) is 1.97. The Bertz CT molecular complexity index is 520. The van der Waals surface area contributed by atoms with Crippen molar-refractivity contribution in [3.63, 3.8) is 0 Å². The summed E-state index contributed by atoms with van der Waals surface area (Å²) in [6.07, 6.45) is 3.91. The minimum absolute atomic E-state index is 0.00999. The van der Waals surface area contributed by atoms with Gasteiger partial charge in [-0.1, -0.05) is 0 Å². The van der Waals surface area contributed by atoms with Crippen molar-refractivity contribution in [2.24, 2.45) is 0 Å². The third-order valence-electron chi connectivity index (χ3n) is 3.80. The topological polar surface area (TPSA) is 65.8 Å². The molecule has 0 unspecified atom stereocenters. The van der Waals surface area contributed by atoms with Crippen molar-refractivity contribution in [1.29, 1.82) is 0 Å². The summed E-state index contributed by atoms with van der Waals surface area (Å²) in [5.41, 5.74) is 0.597. The van der Waals surface area contributed by atoms with Gasteiger partial charge in [0.1, 0.15) is 5.76 Å². The Morgan fingerprint density at radius 3 is 2.59 bits per heavy atom. The van der Waals surface area contributed by atoms with E-state index >= 15 is 0 Å². The molecule has 1 aromatic heterocycles. The molecule has 0 aromatic carbocycles. The molecule has 1 saturated carbocycles. The number of hydrogen-bond donors (Lipinski definition) is 1. The molecule has 1 aliphatic rings. The van der Waals surface area contributed by atoms with Crippen LogP contribution in [-0.2, 0) is 4.79 Å². The third kappa shape index (κ3) is 4.59. The molecule has 0 saturated heterocycles. The Kier molecular flexibility index (Phi) is 5.60. The first-order chi connectivity index (χ1) is 10.5. The van der Waals surface area contributed by atoms with Gasteiger partial charge in [0.2, 0.25) is 5.91 Å². The second-order valence-corrected chi connectivity index (χ2v) is 6.02. The summed E-state index contributed by atoms with van der Waals surface area (Å²) in [5, 5.41) is 2.88. The molecule has 22 heavy (non-hydrogen) atoms. The number of rotatable bonds is 8. The van der Waals surface area contributed by atoms with Gasteiger partial charge in [-0.2, -0.15) is 0 Å². The predicted octanol–water partition coefficient (Wildman–Crippen LogP) is 1.26. The second kappa shape index (κ2) is 7.45. The van der Waals surface area contributed by atoms with Crippen LogP contribution < -0.4 is 5.32 Å². The zero-order valence-corrected chi connectivity index (χ0v) is 13.6. The molecule has 6 nitrogen and oxygen atoms in total. The number of nitrogens with one attached hydrogen (secondary N) is 1. The minimum Gasteiger partial charge on any atom is -0.469 e. The number of likely N-dealkylation sites (N-methyl/N-ethyl adjacent to an activating group) is 1. The normalized spacial score (nSPS) is 14.2. The molecular formula is C16H25N3O3. The molecule has 0 radical (unpaired) electrons. The Balaban J connectivity index is 1.84. The van der Waals surface area contributed by atoms with E-state index < -0.39 is 0 Å². The van der Waals surface area contributed by atoms with Gasteiger partial charge >= 0.3 is 0 Å². The molecule has 2 rings (SSSR count). The third-order valence-corrected chi connectivity index (χ3v) is 3.80. The van der Waals surface area contributed by atoms with Crippen LogP contribution in [0.15, 0.2) is 16.7 Å². The van der Waals surface area contributed by atoms with E-state index in [9.17, 15) is 9.59 Å². The Morgan fingerprint density at radius 1 is 1.32 bits per heavy atom. The SMILES string of the molecule is Cc1occc1C(=O)N(CCC(=O)NCCN(C)C)C1CC1. The first-order valence-corrected chi connectivity index (χ1v) is 7.75. The van der Waals surface area contributed by atoms with Crippen molar-refractivity contribution in [3.05, 3.63) is 23.7 Å². The van der Waals surface area contributed by atoms with Crippen LogP contribution in [0.2, 0.25) is 0 Å². The highest BCUT2D eigenvalue weighted by atomic mass is 16.3. The number of amides is 2. The molecule has 1 heterocycles. The Labute approximate surface area is 131 Å². The summed E-state index contributed by atoms with van der Waals surface area (Å²) < 4.78 is 5.21. The molecule has 2 amide bonds. The maximum atomic E-state index is 12.6. The van der Waals surface area contributed by atoms with Gasteiger partial charge in [0.25, 0.3) is 5.91 Å². The molecule has 0 aliphatic heterocycles. The molecule has 122 valence electrons. The highest BCUT2D eigenvalue weighted by Gasteiger charge is 2.34. The molecule has 6 heteroatoms. The average molecular weight is 307 g/mol. The number of hydrogen-bond acceptors (Lipinski definition) is 4. The maximum absolute atomic E-state index is 12.6. The van der Waals surface area contributed by atoms with Crippen LogP contribution in [0.5, 0.6) is 0 Å². The molecular weight excluding hydrogens is 282 g/mol. The first kappa shape index (κ1) is 16.5. The van der Waals surface area contributed by atoms with E-state index in [1.54, 1.807) is 13.0 Å². The lowest BCUT2D eigenvalue weighted by Crippen LogP contribution is -2.38. The smallest absolute Gasteiger partial charge is 0.257 e. The Hall–Kier alpha value is -1.82. The van der Waals surface area contributed by atoms with Gasteiger partial charge in [-0.25, -0.2) is 0 Å². The maximum Gasteiger partial charge on any atom is 0.257 e. The van der Waals surface area contributed by atoms with Gasteiger partial charge in [0.15, 0.2) is 0 Å². The zero-order chi connectivity index (χ0) is 16.1. The summed E-state index contributed by atoms with van der Waals surface area (Å²) in [6.45, 7) is 3.68. The van der Waals surface area contributed by atoms with E-state index in [4.69, 9.17) is 4.42 Å². The van der Waals surface area contributed by atoms with Gasteiger partial charge in [0, 0.05) is 32.1 Å². The minimum atomic E-state index is -0.0326. The Morgan fingerprint density at radius 2 is 2.05 bits per heavy atom. The van der Waals surface area contributed by atoms with Gasteiger partial charge < -0.3 is 19.5 Å². The van der Waals surface area contributed by atoms with E-state index in [2.05, 4.69) is 5.32 Å². The van der Waals surface area contributed by atoms with Gasteiger partial charge in [0.05, 0.1) is 11.8 Å². The van der Waals surface area contributed by atoms with Gasteiger partial charge in [-0.05, 0) is 39.9 Å². The van der Waals surface area contributed by atoms with Crippen molar-refractivity contribution in [1.82, 2.24) is 15.1 Å². The fourth-order valence-corrected chi connectivity index (χ4v) is 2.33. The number of carbonyl (C=O) groups is 2. The van der Waals surface area contributed by atoms with E-state index in [1.807, 2.05) is 23.9 Å². The van der Waals surface area contributed by atoms with E-state index in [-0.39, 0.29) is 17.9 Å². The standard InChI is InChI=1S/C16H25N3O3/c1-12-14(7-11-22-12)16(21)19(13-4-5-13)9-6-15(20)17-8-10-18(2)3/h7,11,13H,4-6,8-10H2,1-3H3,(H,17,20). The first-order valence-electron chi connectivity index (χ1n) is 7.75. The van der Waals surface area contributed by atoms with E-state index in [1.165, 1.54) is 6.26 Å². The molecule has 1 N–H and O–H groups in total. The fraction of sp³-hybridized carbons (Fsp3) is 0.625. The van der Waals surface area contributed by atoms with Crippen LogP contribution >= 0.6 is 0 Å². The molecule has 1 aliphatic carbocycles. The van der Waals surface area contributed by atoms with E-state index in [0.29, 0.717) is 30.8 Å². The number of furan rings is 1. The second-order valence-electron chi connectivity index (χ2n) is 6.02. The van der Waals surface area contributed by atoms with Crippen molar-refractivity contribution in [2.45, 2.75) is 32.2 Å². The van der Waals surface area contributed by atoms with Crippen molar-refractivity contribution in [3.8, 4) is 0 Å². The molecule has 0 spiro atoms. The molecule has 1 aromatic rings. The number of carbonyl (C=O) groups excluding carboxylic acids is 2. The fourth-order valence-electron chi connectivity index (χ4n) is 2.33. The van der Waals surface area contributed by atoms with Crippen molar-refractivity contribution in [2.75, 3.05) is 33.7 Å². The quantitative estimate of drug-likeness (QED) is 0.785. The lowest BCUT2D eigenvalue weighted by molar-refractivity contribution is -0.121. The van der Waals surface area contributed by atoms with Gasteiger partial charge in [-0.15, -0.1) is 0 Å². The lowest BCUT2D eigenvalue weighted by atomic mass is 10.2. The average Bonchev–Trinajstić information content (AvgIpc) is 3.19. The number of nitrogens with zero attached hydrogens (tertiary/aromatic N) is 2. The zero-order valence-electron chi connectivity index (χ0n) is 13.6. The van der Waals surface area contributed by atoms with Crippen molar-refractivity contribution < 1.29 is 14.0 Å². The van der Waals surface area contributed by atoms with Crippen LogP contribution in [0.1, 0.15) is 35.4 Å². The largest absolute Gasteiger partial charge is 0.469 e. The van der Waals surface area contributed by atoms with Crippen molar-refractivity contribution >= 4 is 11.8 Å². The summed E-state index contributed by atoms with van der Waals surface area (Å²) >= 11 is 0. The monoisotopic (exact) mass is 307 g/mol. The predicted molar refractivity (Wildman–Crippen MR) is 83.7 cm³/mol.